The number of aryl methyl sites for hydroxylation is 1. The smallest absolute Gasteiger partial charge is 0.389 e. The summed E-state index contributed by atoms with van der Waals surface area (Å²) in [6.07, 6.45) is -3.38. The minimum atomic E-state index is -4.30. The maximum atomic E-state index is 12.1. The van der Waals surface area contributed by atoms with E-state index in [4.69, 9.17) is 5.73 Å². The number of hydrogen-bond donors (Lipinski definition) is 2. The minimum Gasteiger partial charge on any atom is -0.399 e. The normalized spacial score (nSPS) is 17.6. The highest BCUT2D eigenvalue weighted by molar-refractivity contribution is 5.85. The molecule has 1 amide bonds. The molecule has 1 atom stereocenters. The summed E-state index contributed by atoms with van der Waals surface area (Å²) >= 11 is 0. The van der Waals surface area contributed by atoms with Gasteiger partial charge < -0.3 is 11.1 Å². The van der Waals surface area contributed by atoms with E-state index in [2.05, 4.69) is 5.32 Å². The highest BCUT2D eigenvalue weighted by Gasteiger charge is 2.29. The summed E-state index contributed by atoms with van der Waals surface area (Å²) in [5.41, 5.74) is 8.40. The number of amides is 1. The molecule has 0 bridgehead atoms. The van der Waals surface area contributed by atoms with E-state index in [1.54, 1.807) is 6.07 Å². The monoisotopic (exact) mass is 322 g/mol. The number of alkyl halides is 3. The number of nitrogens with one attached hydrogen (secondary N) is 1. The second-order valence-corrected chi connectivity index (χ2v) is 5.09. The molecule has 3 nitrogen and oxygen atoms in total. The molecule has 0 heterocycles. The predicted molar refractivity (Wildman–Crippen MR) is 77.2 cm³/mol. The fourth-order valence-electron chi connectivity index (χ4n) is 2.51. The lowest BCUT2D eigenvalue weighted by molar-refractivity contribution is -0.144. The number of hydrogen-bond acceptors (Lipinski definition) is 2. The van der Waals surface area contributed by atoms with Gasteiger partial charge in [0.25, 0.3) is 0 Å². The van der Waals surface area contributed by atoms with Crippen molar-refractivity contribution in [2.45, 2.75) is 44.3 Å². The maximum Gasteiger partial charge on any atom is 0.389 e. The molecule has 0 aromatic heterocycles. The zero-order chi connectivity index (χ0) is 14.8. The van der Waals surface area contributed by atoms with Gasteiger partial charge in [0.2, 0.25) is 5.91 Å². The van der Waals surface area contributed by atoms with Crippen molar-refractivity contribution in [2.75, 3.05) is 5.73 Å². The van der Waals surface area contributed by atoms with E-state index in [0.717, 1.165) is 30.4 Å². The van der Waals surface area contributed by atoms with E-state index >= 15 is 0 Å². The third kappa shape index (κ3) is 5.12. The third-order valence-electron chi connectivity index (χ3n) is 3.45. The number of carbonyl (C=O) groups is 1. The van der Waals surface area contributed by atoms with Crippen LogP contribution in [0.4, 0.5) is 18.9 Å². The van der Waals surface area contributed by atoms with Gasteiger partial charge in [0.1, 0.15) is 0 Å². The van der Waals surface area contributed by atoms with Crippen LogP contribution in [0.25, 0.3) is 0 Å². The molecule has 1 unspecified atom stereocenters. The van der Waals surface area contributed by atoms with Crippen molar-refractivity contribution in [3.05, 3.63) is 29.3 Å². The first-order chi connectivity index (χ1) is 9.35. The quantitative estimate of drug-likeness (QED) is 0.836. The number of anilines is 1. The van der Waals surface area contributed by atoms with E-state index in [0.29, 0.717) is 5.69 Å². The average molecular weight is 323 g/mol. The Labute approximate surface area is 127 Å². The molecular formula is C14H18ClF3N2O. The highest BCUT2D eigenvalue weighted by Crippen LogP contribution is 2.31. The molecule has 7 heteroatoms. The standard InChI is InChI=1S/C14H17F3N2O.ClH/c15-14(16,17)7-6-13(20)19-12-3-1-2-9-8-10(18)4-5-11(9)12;/h4-5,8,12H,1-3,6-7,18H2,(H,19,20);1H. The second-order valence-electron chi connectivity index (χ2n) is 5.09. The molecule has 0 saturated heterocycles. The van der Waals surface area contributed by atoms with Gasteiger partial charge in [0.15, 0.2) is 0 Å². The van der Waals surface area contributed by atoms with E-state index in [1.807, 2.05) is 12.1 Å². The van der Waals surface area contributed by atoms with Crippen LogP contribution in [0.2, 0.25) is 0 Å². The summed E-state index contributed by atoms with van der Waals surface area (Å²) in [6.45, 7) is 0. The van der Waals surface area contributed by atoms with Gasteiger partial charge in [-0.1, -0.05) is 6.07 Å². The van der Waals surface area contributed by atoms with Crippen molar-refractivity contribution in [3.8, 4) is 0 Å². The molecule has 1 aromatic rings. The van der Waals surface area contributed by atoms with Crippen LogP contribution in [0.15, 0.2) is 18.2 Å². The highest BCUT2D eigenvalue weighted by atomic mass is 35.5. The number of rotatable bonds is 3. The van der Waals surface area contributed by atoms with Crippen molar-refractivity contribution in [2.24, 2.45) is 0 Å². The zero-order valence-corrected chi connectivity index (χ0v) is 12.2. The van der Waals surface area contributed by atoms with Gasteiger partial charge >= 0.3 is 6.18 Å². The van der Waals surface area contributed by atoms with Gasteiger partial charge in [-0.2, -0.15) is 13.2 Å². The predicted octanol–water partition coefficient (Wildman–Crippen LogP) is 3.53. The minimum absolute atomic E-state index is 0. The van der Waals surface area contributed by atoms with E-state index < -0.39 is 24.9 Å². The molecule has 0 spiro atoms. The van der Waals surface area contributed by atoms with Crippen LogP contribution in [-0.4, -0.2) is 12.1 Å². The lowest BCUT2D eigenvalue weighted by Gasteiger charge is -2.26. The molecule has 0 saturated carbocycles. The topological polar surface area (TPSA) is 55.1 Å². The molecule has 21 heavy (non-hydrogen) atoms. The molecule has 0 aliphatic heterocycles. The summed E-state index contributed by atoms with van der Waals surface area (Å²) in [5, 5.41) is 2.69. The Morgan fingerprint density at radius 3 is 2.76 bits per heavy atom. The molecule has 1 aliphatic rings. The van der Waals surface area contributed by atoms with Crippen LogP contribution in [0, 0.1) is 0 Å². The van der Waals surface area contributed by atoms with Crippen LogP contribution in [0.5, 0.6) is 0 Å². The first-order valence-corrected chi connectivity index (χ1v) is 6.59. The molecule has 0 fully saturated rings. The fourth-order valence-corrected chi connectivity index (χ4v) is 2.51. The van der Waals surface area contributed by atoms with Crippen LogP contribution in [0.3, 0.4) is 0 Å². The van der Waals surface area contributed by atoms with E-state index in [1.165, 1.54) is 0 Å². The largest absolute Gasteiger partial charge is 0.399 e. The molecular weight excluding hydrogens is 305 g/mol. The Kier molecular flexibility index (Phi) is 5.89. The van der Waals surface area contributed by atoms with E-state index in [-0.39, 0.29) is 18.4 Å². The number of nitrogens with two attached hydrogens (primary N) is 1. The first kappa shape index (κ1) is 17.6. The average Bonchev–Trinajstić information content (AvgIpc) is 2.35. The summed E-state index contributed by atoms with van der Waals surface area (Å²) in [6, 6.07) is 5.25. The molecule has 1 aliphatic carbocycles. The van der Waals surface area contributed by atoms with Crippen molar-refractivity contribution in [1.29, 1.82) is 0 Å². The van der Waals surface area contributed by atoms with Gasteiger partial charge in [0, 0.05) is 12.1 Å². The fraction of sp³-hybridized carbons (Fsp3) is 0.500. The number of fused-ring (bicyclic) bond motifs is 1. The van der Waals surface area contributed by atoms with Gasteiger partial charge in [-0.25, -0.2) is 0 Å². The summed E-state index contributed by atoms with van der Waals surface area (Å²) in [7, 11) is 0. The Hall–Kier alpha value is -1.43. The van der Waals surface area contributed by atoms with Crippen LogP contribution in [-0.2, 0) is 11.2 Å². The van der Waals surface area contributed by atoms with Gasteiger partial charge in [-0.15, -0.1) is 12.4 Å². The molecule has 1 aromatic carbocycles. The number of halogens is 4. The Morgan fingerprint density at radius 1 is 1.38 bits per heavy atom. The van der Waals surface area contributed by atoms with Crippen molar-refractivity contribution in [1.82, 2.24) is 5.32 Å². The molecule has 3 N–H and O–H groups in total. The lowest BCUT2D eigenvalue weighted by Crippen LogP contribution is -2.31. The maximum absolute atomic E-state index is 12.1. The Balaban J connectivity index is 0.00000220. The SMILES string of the molecule is Cl.Nc1ccc2c(c1)CCCC2NC(=O)CCC(F)(F)F. The summed E-state index contributed by atoms with van der Waals surface area (Å²) in [4.78, 5) is 11.6. The number of benzene rings is 1. The van der Waals surface area contributed by atoms with Gasteiger partial charge in [0.05, 0.1) is 12.5 Å². The van der Waals surface area contributed by atoms with Crippen LogP contribution < -0.4 is 11.1 Å². The van der Waals surface area contributed by atoms with Crippen molar-refractivity contribution >= 4 is 24.0 Å². The molecule has 2 rings (SSSR count). The summed E-state index contributed by atoms with van der Waals surface area (Å²) in [5.74, 6) is -0.558. The molecule has 118 valence electrons. The number of carbonyl (C=O) groups excluding carboxylic acids is 1. The first-order valence-electron chi connectivity index (χ1n) is 6.59. The van der Waals surface area contributed by atoms with Crippen LogP contribution in [0.1, 0.15) is 42.9 Å². The van der Waals surface area contributed by atoms with Gasteiger partial charge in [-0.05, 0) is 42.5 Å². The van der Waals surface area contributed by atoms with E-state index in [9.17, 15) is 18.0 Å². The Bertz CT molecular complexity index is 505. The van der Waals surface area contributed by atoms with Crippen molar-refractivity contribution < 1.29 is 18.0 Å². The molecule has 0 radical (unpaired) electrons. The lowest BCUT2D eigenvalue weighted by atomic mass is 9.87. The van der Waals surface area contributed by atoms with Crippen molar-refractivity contribution in [3.63, 3.8) is 0 Å². The van der Waals surface area contributed by atoms with Crippen LogP contribution >= 0.6 is 12.4 Å². The third-order valence-corrected chi connectivity index (χ3v) is 3.45. The Morgan fingerprint density at radius 2 is 2.10 bits per heavy atom. The van der Waals surface area contributed by atoms with Gasteiger partial charge in [-0.3, -0.25) is 4.79 Å². The second kappa shape index (κ2) is 7.02. The summed E-state index contributed by atoms with van der Waals surface area (Å²) < 4.78 is 36.3. The zero-order valence-electron chi connectivity index (χ0n) is 11.4. The number of nitrogen functional groups attached to an aromatic ring is 1.